The van der Waals surface area contributed by atoms with Crippen molar-refractivity contribution in [3.8, 4) is 0 Å². The van der Waals surface area contributed by atoms with Gasteiger partial charge in [0.2, 0.25) is 10.0 Å². The van der Waals surface area contributed by atoms with Crippen LogP contribution in [0.1, 0.15) is 17.4 Å². The van der Waals surface area contributed by atoms with Crippen molar-refractivity contribution in [3.63, 3.8) is 0 Å². The molecule has 0 bridgehead atoms. The highest BCUT2D eigenvalue weighted by atomic mass is 32.2. The summed E-state index contributed by atoms with van der Waals surface area (Å²) < 4.78 is 26.5. The van der Waals surface area contributed by atoms with Crippen molar-refractivity contribution in [1.29, 1.82) is 0 Å². The number of nitrogens with one attached hydrogen (secondary N) is 2. The fourth-order valence-electron chi connectivity index (χ4n) is 1.58. The third-order valence-corrected chi connectivity index (χ3v) is 4.61. The summed E-state index contributed by atoms with van der Waals surface area (Å²) >= 11 is 1.29. The van der Waals surface area contributed by atoms with E-state index in [0.717, 1.165) is 0 Å². The van der Waals surface area contributed by atoms with Gasteiger partial charge >= 0.3 is 0 Å². The van der Waals surface area contributed by atoms with Crippen LogP contribution < -0.4 is 10.0 Å². The lowest BCUT2D eigenvalue weighted by atomic mass is 10.3. The molecule has 1 aromatic heterocycles. The quantitative estimate of drug-likeness (QED) is 0.879. The molecule has 6 nitrogen and oxygen atoms in total. The molecule has 0 fully saturated rings. The molecule has 2 rings (SSSR count). The normalized spacial score (nSPS) is 11.2. The summed E-state index contributed by atoms with van der Waals surface area (Å²) in [5.41, 5.74) is 2.02. The van der Waals surface area contributed by atoms with Gasteiger partial charge in [-0.1, -0.05) is 19.1 Å². The van der Waals surface area contributed by atoms with E-state index in [4.69, 9.17) is 0 Å². The maximum atomic E-state index is 12.0. The van der Waals surface area contributed by atoms with Crippen LogP contribution in [0.25, 0.3) is 0 Å². The maximum absolute atomic E-state index is 12.0. The first-order valence-corrected chi connectivity index (χ1v) is 8.25. The molecular formula is C12H13N3O3S2. The fraction of sp³-hybridized carbons (Fsp3) is 0.167. The molecule has 1 amide bonds. The van der Waals surface area contributed by atoms with Crippen LogP contribution in [0.4, 0.5) is 5.69 Å². The van der Waals surface area contributed by atoms with Gasteiger partial charge in [0, 0.05) is 11.9 Å². The van der Waals surface area contributed by atoms with E-state index >= 15 is 0 Å². The number of benzene rings is 1. The second-order valence-corrected chi connectivity index (χ2v) is 6.28. The van der Waals surface area contributed by atoms with Crippen LogP contribution in [0.2, 0.25) is 0 Å². The maximum Gasteiger partial charge on any atom is 0.275 e. The van der Waals surface area contributed by atoms with Crippen LogP contribution >= 0.6 is 11.3 Å². The van der Waals surface area contributed by atoms with Gasteiger partial charge in [0.05, 0.1) is 11.2 Å². The Morgan fingerprint density at radius 2 is 2.10 bits per heavy atom. The van der Waals surface area contributed by atoms with E-state index in [0.29, 0.717) is 0 Å². The standard InChI is InChI=1S/C12H13N3O3S2/c1-2-14-20(17,18)11-6-4-3-5-9(11)15-12(16)10-7-19-8-13-10/h3-8,14H,2H2,1H3,(H,15,16). The number of nitrogens with zero attached hydrogens (tertiary/aromatic N) is 1. The lowest BCUT2D eigenvalue weighted by molar-refractivity contribution is 0.102. The highest BCUT2D eigenvalue weighted by Crippen LogP contribution is 2.21. The fourth-order valence-corrected chi connectivity index (χ4v) is 3.32. The molecule has 0 aliphatic heterocycles. The predicted octanol–water partition coefficient (Wildman–Crippen LogP) is 1.69. The molecule has 2 aromatic rings. The lowest BCUT2D eigenvalue weighted by Crippen LogP contribution is -2.25. The molecule has 106 valence electrons. The number of para-hydroxylation sites is 1. The summed E-state index contributed by atoms with van der Waals surface area (Å²) in [5.74, 6) is -0.439. The van der Waals surface area contributed by atoms with Gasteiger partial charge in [-0.05, 0) is 12.1 Å². The minimum Gasteiger partial charge on any atom is -0.319 e. The molecule has 0 radical (unpaired) electrons. The number of sulfonamides is 1. The Morgan fingerprint density at radius 3 is 2.75 bits per heavy atom. The van der Waals surface area contributed by atoms with Gasteiger partial charge in [-0.15, -0.1) is 11.3 Å². The number of hydrogen-bond donors (Lipinski definition) is 2. The van der Waals surface area contributed by atoms with Gasteiger partial charge in [0.15, 0.2) is 0 Å². The minimum absolute atomic E-state index is 0.0328. The molecule has 0 saturated carbocycles. The smallest absolute Gasteiger partial charge is 0.275 e. The average Bonchev–Trinajstić information content (AvgIpc) is 2.93. The van der Waals surface area contributed by atoms with Crippen molar-refractivity contribution in [2.24, 2.45) is 0 Å². The molecule has 1 heterocycles. The molecule has 0 atom stereocenters. The second kappa shape index (κ2) is 6.12. The Kier molecular flexibility index (Phi) is 4.48. The zero-order valence-electron chi connectivity index (χ0n) is 10.7. The van der Waals surface area contributed by atoms with Gasteiger partial charge in [-0.25, -0.2) is 18.1 Å². The summed E-state index contributed by atoms with van der Waals surface area (Å²) in [4.78, 5) is 15.8. The van der Waals surface area contributed by atoms with Crippen LogP contribution in [0.15, 0.2) is 40.1 Å². The summed E-state index contributed by atoms with van der Waals surface area (Å²) in [5, 5.41) is 4.16. The summed E-state index contributed by atoms with van der Waals surface area (Å²) in [6, 6.07) is 6.23. The van der Waals surface area contributed by atoms with E-state index in [2.05, 4.69) is 15.0 Å². The molecule has 8 heteroatoms. The molecule has 20 heavy (non-hydrogen) atoms. The highest BCUT2D eigenvalue weighted by Gasteiger charge is 2.19. The number of hydrogen-bond acceptors (Lipinski definition) is 5. The van der Waals surface area contributed by atoms with Crippen molar-refractivity contribution >= 4 is 33.0 Å². The molecule has 0 aliphatic rings. The van der Waals surface area contributed by atoms with E-state index < -0.39 is 15.9 Å². The van der Waals surface area contributed by atoms with Gasteiger partial charge in [-0.3, -0.25) is 4.79 Å². The zero-order chi connectivity index (χ0) is 14.6. The second-order valence-electron chi connectivity index (χ2n) is 3.83. The van der Waals surface area contributed by atoms with Crippen LogP contribution in [0.5, 0.6) is 0 Å². The Morgan fingerprint density at radius 1 is 1.35 bits per heavy atom. The number of aromatic nitrogens is 1. The minimum atomic E-state index is -3.64. The van der Waals surface area contributed by atoms with Crippen molar-refractivity contribution in [2.75, 3.05) is 11.9 Å². The number of amides is 1. The molecule has 0 aliphatic carbocycles. The molecule has 2 N–H and O–H groups in total. The van der Waals surface area contributed by atoms with E-state index in [1.54, 1.807) is 24.4 Å². The molecule has 0 spiro atoms. The van der Waals surface area contributed by atoms with Gasteiger partial charge < -0.3 is 5.32 Å². The third kappa shape index (κ3) is 3.21. The van der Waals surface area contributed by atoms with Crippen LogP contribution in [-0.4, -0.2) is 25.9 Å². The largest absolute Gasteiger partial charge is 0.319 e. The Balaban J connectivity index is 2.32. The highest BCUT2D eigenvalue weighted by molar-refractivity contribution is 7.89. The van der Waals surface area contributed by atoms with Crippen molar-refractivity contribution in [3.05, 3.63) is 40.8 Å². The van der Waals surface area contributed by atoms with Gasteiger partial charge in [0.25, 0.3) is 5.91 Å². The number of anilines is 1. The van der Waals surface area contributed by atoms with Crippen molar-refractivity contribution < 1.29 is 13.2 Å². The van der Waals surface area contributed by atoms with Gasteiger partial charge in [0.1, 0.15) is 10.6 Å². The monoisotopic (exact) mass is 311 g/mol. The number of thiazole rings is 1. The van der Waals surface area contributed by atoms with E-state index in [9.17, 15) is 13.2 Å². The van der Waals surface area contributed by atoms with Gasteiger partial charge in [-0.2, -0.15) is 0 Å². The van der Waals surface area contributed by atoms with E-state index in [1.165, 1.54) is 29.0 Å². The van der Waals surface area contributed by atoms with Crippen LogP contribution in [0, 0.1) is 0 Å². The van der Waals surface area contributed by atoms with E-state index in [-0.39, 0.29) is 22.8 Å². The van der Waals surface area contributed by atoms with Crippen LogP contribution in [0.3, 0.4) is 0 Å². The Labute approximate surface area is 120 Å². The Hall–Kier alpha value is -1.77. The number of rotatable bonds is 5. The summed E-state index contributed by atoms with van der Waals surface area (Å²) in [6.45, 7) is 1.96. The SMILES string of the molecule is CCNS(=O)(=O)c1ccccc1NC(=O)c1cscn1. The first-order chi connectivity index (χ1) is 9.54. The lowest BCUT2D eigenvalue weighted by Gasteiger charge is -2.11. The Bertz CT molecular complexity index is 696. The molecular weight excluding hydrogens is 298 g/mol. The van der Waals surface area contributed by atoms with Crippen molar-refractivity contribution in [2.45, 2.75) is 11.8 Å². The molecule has 1 aromatic carbocycles. The van der Waals surface area contributed by atoms with Crippen molar-refractivity contribution in [1.82, 2.24) is 9.71 Å². The average molecular weight is 311 g/mol. The molecule has 0 unspecified atom stereocenters. The molecule has 0 saturated heterocycles. The zero-order valence-corrected chi connectivity index (χ0v) is 12.3. The first kappa shape index (κ1) is 14.6. The summed E-state index contributed by atoms with van der Waals surface area (Å²) in [7, 11) is -3.64. The number of carbonyl (C=O) groups excluding carboxylic acids is 1. The van der Waals surface area contributed by atoms with E-state index in [1.807, 2.05) is 0 Å². The predicted molar refractivity (Wildman–Crippen MR) is 77.4 cm³/mol. The third-order valence-electron chi connectivity index (χ3n) is 2.42. The van der Waals surface area contributed by atoms with Crippen LogP contribution in [-0.2, 0) is 10.0 Å². The topological polar surface area (TPSA) is 88.2 Å². The number of carbonyl (C=O) groups is 1. The summed E-state index contributed by atoms with van der Waals surface area (Å²) in [6.07, 6.45) is 0. The first-order valence-electron chi connectivity index (χ1n) is 5.83.